The van der Waals surface area contributed by atoms with Gasteiger partial charge >= 0.3 is 0 Å². The molecule has 0 fully saturated rings. The van der Waals surface area contributed by atoms with E-state index in [4.69, 9.17) is 26.1 Å². The Balaban J connectivity index is 1.78. The van der Waals surface area contributed by atoms with Crippen LogP contribution in [0.1, 0.15) is 32.3 Å². The van der Waals surface area contributed by atoms with Gasteiger partial charge < -0.3 is 20.1 Å². The van der Waals surface area contributed by atoms with Crippen LogP contribution in [0.25, 0.3) is 10.9 Å². The number of hydrogen-bond donors (Lipinski definition) is 2. The van der Waals surface area contributed by atoms with Crippen molar-refractivity contribution in [2.45, 2.75) is 38.8 Å². The molecule has 0 unspecified atom stereocenters. The maximum atomic E-state index is 6.30. The first-order chi connectivity index (χ1) is 15.4. The van der Waals surface area contributed by atoms with E-state index in [2.05, 4.69) is 34.4 Å². The summed E-state index contributed by atoms with van der Waals surface area (Å²) in [5.74, 6) is 1.99. The Morgan fingerprint density at radius 3 is 2.84 bits per heavy atom. The third-order valence-corrected chi connectivity index (χ3v) is 5.57. The quantitative estimate of drug-likeness (QED) is 0.530. The monoisotopic (exact) mass is 453 g/mol. The zero-order valence-electron chi connectivity index (χ0n) is 18.6. The smallest absolute Gasteiger partial charge is 0.162 e. The van der Waals surface area contributed by atoms with E-state index >= 15 is 0 Å². The van der Waals surface area contributed by atoms with Crippen LogP contribution in [-0.2, 0) is 6.54 Å². The van der Waals surface area contributed by atoms with Crippen LogP contribution in [0.4, 0.5) is 11.5 Å². The van der Waals surface area contributed by atoms with Crippen LogP contribution in [0.5, 0.6) is 11.5 Å². The average molecular weight is 454 g/mol. The van der Waals surface area contributed by atoms with Crippen LogP contribution < -0.4 is 20.1 Å². The van der Waals surface area contributed by atoms with E-state index in [0.717, 1.165) is 41.5 Å². The standard InChI is InChI=1S/C24H28ClN5O2/c1-24(2)14-26-13-16-6-7-17(25)10-19(16)30-23-18-11-22(32-9-5-4-8-29-24)21(31-3)12-20(18)27-15-28-23/h6-7,10-12,14-15,29H,4-5,8-9,13H2,1-3H3,(H,27,28,30). The summed E-state index contributed by atoms with van der Waals surface area (Å²) in [6.07, 6.45) is 5.41. The number of anilines is 2. The lowest BCUT2D eigenvalue weighted by molar-refractivity contribution is 0.285. The topological polar surface area (TPSA) is 80.7 Å². The van der Waals surface area contributed by atoms with Gasteiger partial charge in [-0.25, -0.2) is 9.97 Å². The number of hydrogen-bond acceptors (Lipinski definition) is 7. The summed E-state index contributed by atoms with van der Waals surface area (Å²) in [6.45, 7) is 6.23. The molecule has 0 amide bonds. The minimum absolute atomic E-state index is 0.205. The molecule has 0 saturated carbocycles. The van der Waals surface area contributed by atoms with Gasteiger partial charge in [0, 0.05) is 33.9 Å². The van der Waals surface area contributed by atoms with Crippen LogP contribution in [-0.4, -0.2) is 42.0 Å². The summed E-state index contributed by atoms with van der Waals surface area (Å²) in [7, 11) is 1.63. The van der Waals surface area contributed by atoms with Gasteiger partial charge in [0.05, 0.1) is 25.8 Å². The van der Waals surface area contributed by atoms with E-state index in [0.29, 0.717) is 35.5 Å². The highest BCUT2D eigenvalue weighted by atomic mass is 35.5. The molecular weight excluding hydrogens is 426 g/mol. The summed E-state index contributed by atoms with van der Waals surface area (Å²) in [5, 5.41) is 8.45. The van der Waals surface area contributed by atoms with Crippen molar-refractivity contribution in [3.8, 4) is 11.5 Å². The molecule has 1 aliphatic rings. The Labute approximate surface area is 193 Å². The molecule has 1 aromatic heterocycles. The van der Waals surface area contributed by atoms with Gasteiger partial charge in [-0.3, -0.25) is 4.99 Å². The Kier molecular flexibility index (Phi) is 6.77. The number of nitrogens with one attached hydrogen (secondary N) is 2. The average Bonchev–Trinajstić information content (AvgIpc) is 2.77. The number of benzene rings is 2. The first kappa shape index (κ1) is 22.3. The van der Waals surface area contributed by atoms with Crippen LogP contribution >= 0.6 is 11.6 Å². The van der Waals surface area contributed by atoms with Crippen LogP contribution in [0, 0.1) is 0 Å². The third-order valence-electron chi connectivity index (χ3n) is 5.33. The summed E-state index contributed by atoms with van der Waals surface area (Å²) >= 11 is 6.30. The Morgan fingerprint density at radius 2 is 2.00 bits per heavy atom. The number of nitrogens with zero attached hydrogens (tertiary/aromatic N) is 3. The number of methoxy groups -OCH3 is 1. The second-order valence-corrected chi connectivity index (χ2v) is 8.78. The van der Waals surface area contributed by atoms with E-state index < -0.39 is 0 Å². The molecule has 0 spiro atoms. The second-order valence-electron chi connectivity index (χ2n) is 8.34. The van der Waals surface area contributed by atoms with Crippen molar-refractivity contribution in [3.63, 3.8) is 0 Å². The second kappa shape index (κ2) is 9.71. The van der Waals surface area contributed by atoms with E-state index in [-0.39, 0.29) is 5.54 Å². The van der Waals surface area contributed by atoms with Crippen molar-refractivity contribution >= 4 is 40.2 Å². The van der Waals surface area contributed by atoms with Gasteiger partial charge in [-0.1, -0.05) is 17.7 Å². The molecule has 2 heterocycles. The van der Waals surface area contributed by atoms with Crippen molar-refractivity contribution in [1.29, 1.82) is 0 Å². The van der Waals surface area contributed by atoms with Crippen LogP contribution in [0.3, 0.4) is 0 Å². The molecule has 7 nitrogen and oxygen atoms in total. The summed E-state index contributed by atoms with van der Waals surface area (Å²) in [6, 6.07) is 9.55. The zero-order chi connectivity index (χ0) is 22.6. The largest absolute Gasteiger partial charge is 0.493 e. The predicted molar refractivity (Wildman–Crippen MR) is 130 cm³/mol. The lowest BCUT2D eigenvalue weighted by atomic mass is 10.1. The maximum Gasteiger partial charge on any atom is 0.162 e. The normalized spacial score (nSPS) is 16.6. The highest BCUT2D eigenvalue weighted by Gasteiger charge is 2.15. The SMILES string of the molecule is COc1cc2ncnc3c2cc1OCCCCNC(C)(C)C=NCc1ccc(Cl)cc1N3. The van der Waals surface area contributed by atoms with E-state index in [1.165, 1.54) is 6.33 Å². The van der Waals surface area contributed by atoms with E-state index in [9.17, 15) is 0 Å². The number of aromatic nitrogens is 2. The van der Waals surface area contributed by atoms with Gasteiger partial charge in [0.1, 0.15) is 12.1 Å². The summed E-state index contributed by atoms with van der Waals surface area (Å²) in [5.41, 5.74) is 2.42. The number of halogens is 1. The van der Waals surface area contributed by atoms with Crippen molar-refractivity contribution in [2.24, 2.45) is 4.99 Å². The number of aliphatic imine (C=N–C) groups is 1. The minimum Gasteiger partial charge on any atom is -0.493 e. The van der Waals surface area contributed by atoms with Gasteiger partial charge in [0.2, 0.25) is 0 Å². The van der Waals surface area contributed by atoms with Gasteiger partial charge in [-0.05, 0) is 57.0 Å². The predicted octanol–water partition coefficient (Wildman–Crippen LogP) is 5.15. The fraction of sp³-hybridized carbons (Fsp3) is 0.375. The van der Waals surface area contributed by atoms with Gasteiger partial charge in [0.25, 0.3) is 0 Å². The lowest BCUT2D eigenvalue weighted by Crippen LogP contribution is -2.41. The Bertz CT molecular complexity index is 1130. The number of fused-ring (bicyclic) bond motifs is 2. The Hall–Kier alpha value is -2.90. The molecule has 3 aromatic rings. The maximum absolute atomic E-state index is 6.30. The van der Waals surface area contributed by atoms with Gasteiger partial charge in [-0.15, -0.1) is 0 Å². The van der Waals surface area contributed by atoms with Crippen molar-refractivity contribution in [2.75, 3.05) is 25.6 Å². The van der Waals surface area contributed by atoms with Gasteiger partial charge in [0.15, 0.2) is 11.5 Å². The highest BCUT2D eigenvalue weighted by Crippen LogP contribution is 2.35. The lowest BCUT2D eigenvalue weighted by Gasteiger charge is -2.21. The molecule has 2 bridgehead atoms. The summed E-state index contributed by atoms with van der Waals surface area (Å²) in [4.78, 5) is 13.6. The molecule has 2 N–H and O–H groups in total. The molecule has 0 aliphatic carbocycles. The Morgan fingerprint density at radius 1 is 1.12 bits per heavy atom. The molecule has 0 atom stereocenters. The number of rotatable bonds is 1. The molecule has 32 heavy (non-hydrogen) atoms. The molecular formula is C24H28ClN5O2. The third kappa shape index (κ3) is 5.29. The minimum atomic E-state index is -0.205. The molecule has 4 rings (SSSR count). The van der Waals surface area contributed by atoms with Crippen LogP contribution in [0.2, 0.25) is 5.02 Å². The van der Waals surface area contributed by atoms with E-state index in [1.54, 1.807) is 7.11 Å². The highest BCUT2D eigenvalue weighted by molar-refractivity contribution is 6.30. The molecule has 2 aromatic carbocycles. The fourth-order valence-electron chi connectivity index (χ4n) is 3.60. The fourth-order valence-corrected chi connectivity index (χ4v) is 3.78. The summed E-state index contributed by atoms with van der Waals surface area (Å²) < 4.78 is 11.6. The zero-order valence-corrected chi connectivity index (χ0v) is 19.4. The molecule has 0 saturated heterocycles. The van der Waals surface area contributed by atoms with Gasteiger partial charge in [-0.2, -0.15) is 0 Å². The molecule has 1 aliphatic heterocycles. The number of ether oxygens (including phenoxy) is 2. The van der Waals surface area contributed by atoms with Crippen molar-refractivity contribution in [3.05, 3.63) is 47.2 Å². The van der Waals surface area contributed by atoms with E-state index in [1.807, 2.05) is 36.5 Å². The first-order valence-corrected chi connectivity index (χ1v) is 11.1. The van der Waals surface area contributed by atoms with Crippen molar-refractivity contribution < 1.29 is 9.47 Å². The molecule has 168 valence electrons. The van der Waals surface area contributed by atoms with Crippen LogP contribution in [0.15, 0.2) is 41.7 Å². The van der Waals surface area contributed by atoms with Crippen molar-refractivity contribution in [1.82, 2.24) is 15.3 Å². The molecule has 0 radical (unpaired) electrons. The molecule has 8 heteroatoms. The first-order valence-electron chi connectivity index (χ1n) is 10.7.